The zero-order valence-electron chi connectivity index (χ0n) is 9.46. The minimum atomic E-state index is 0.902. The number of halogens is 1. The number of aromatic nitrogens is 1. The van der Waals surface area contributed by atoms with E-state index in [1.54, 1.807) is 11.3 Å². The van der Waals surface area contributed by atoms with Crippen LogP contribution in [0.15, 0.2) is 24.3 Å². The molecule has 0 saturated carbocycles. The minimum absolute atomic E-state index is 0.902. The van der Waals surface area contributed by atoms with E-state index < -0.39 is 0 Å². The van der Waals surface area contributed by atoms with Crippen LogP contribution in [-0.4, -0.2) is 4.98 Å². The Morgan fingerprint density at radius 1 is 1.38 bits per heavy atom. The SMILES string of the molecule is CCc1nc(-c2cccc(C)c2)sc1CBr. The van der Waals surface area contributed by atoms with E-state index >= 15 is 0 Å². The quantitative estimate of drug-likeness (QED) is 0.756. The van der Waals surface area contributed by atoms with Crippen molar-refractivity contribution in [3.05, 3.63) is 40.4 Å². The van der Waals surface area contributed by atoms with E-state index in [4.69, 9.17) is 4.98 Å². The lowest BCUT2D eigenvalue weighted by atomic mass is 10.1. The van der Waals surface area contributed by atoms with E-state index in [1.165, 1.54) is 21.7 Å². The Labute approximate surface area is 109 Å². The highest BCUT2D eigenvalue weighted by molar-refractivity contribution is 9.08. The van der Waals surface area contributed by atoms with E-state index in [2.05, 4.69) is 54.0 Å². The first kappa shape index (κ1) is 11.8. The van der Waals surface area contributed by atoms with Crippen molar-refractivity contribution < 1.29 is 0 Å². The molecule has 0 bridgehead atoms. The molecule has 0 aliphatic carbocycles. The predicted octanol–water partition coefficient (Wildman–Crippen LogP) is 4.58. The standard InChI is InChI=1S/C13H14BrNS/c1-3-11-12(8-14)16-13(15-11)10-6-4-5-9(2)7-10/h4-7H,3,8H2,1-2H3. The molecule has 0 amide bonds. The Morgan fingerprint density at radius 2 is 2.19 bits per heavy atom. The fourth-order valence-corrected chi connectivity index (χ4v) is 3.33. The van der Waals surface area contributed by atoms with Crippen LogP contribution >= 0.6 is 27.3 Å². The second kappa shape index (κ2) is 5.11. The van der Waals surface area contributed by atoms with Crippen molar-refractivity contribution in [3.8, 4) is 10.6 Å². The normalized spacial score (nSPS) is 10.7. The van der Waals surface area contributed by atoms with Gasteiger partial charge in [0.2, 0.25) is 0 Å². The summed E-state index contributed by atoms with van der Waals surface area (Å²) in [5.41, 5.74) is 3.73. The second-order valence-electron chi connectivity index (χ2n) is 3.75. The number of hydrogen-bond donors (Lipinski definition) is 0. The third-order valence-corrected chi connectivity index (χ3v) is 4.58. The molecule has 0 fully saturated rings. The van der Waals surface area contributed by atoms with Gasteiger partial charge in [0.25, 0.3) is 0 Å². The maximum absolute atomic E-state index is 4.70. The van der Waals surface area contributed by atoms with E-state index in [-0.39, 0.29) is 0 Å². The second-order valence-corrected chi connectivity index (χ2v) is 5.39. The van der Waals surface area contributed by atoms with Gasteiger partial charge in [0.15, 0.2) is 0 Å². The van der Waals surface area contributed by atoms with Crippen LogP contribution in [0.2, 0.25) is 0 Å². The number of thiazole rings is 1. The predicted molar refractivity (Wildman–Crippen MR) is 74.3 cm³/mol. The molecule has 1 aromatic carbocycles. The van der Waals surface area contributed by atoms with Crippen LogP contribution in [-0.2, 0) is 11.8 Å². The van der Waals surface area contributed by atoms with Crippen molar-refractivity contribution in [3.63, 3.8) is 0 Å². The van der Waals surface area contributed by atoms with Crippen LogP contribution in [0.1, 0.15) is 23.1 Å². The van der Waals surface area contributed by atoms with Gasteiger partial charge in [0, 0.05) is 15.8 Å². The van der Waals surface area contributed by atoms with Gasteiger partial charge in [0.05, 0.1) is 5.69 Å². The van der Waals surface area contributed by atoms with Crippen LogP contribution in [0.3, 0.4) is 0 Å². The van der Waals surface area contributed by atoms with Crippen LogP contribution in [0.4, 0.5) is 0 Å². The highest BCUT2D eigenvalue weighted by atomic mass is 79.9. The summed E-state index contributed by atoms with van der Waals surface area (Å²) >= 11 is 5.31. The molecule has 2 aromatic rings. The van der Waals surface area contributed by atoms with Gasteiger partial charge in [-0.1, -0.05) is 46.6 Å². The molecule has 2 rings (SSSR count). The van der Waals surface area contributed by atoms with Gasteiger partial charge < -0.3 is 0 Å². The summed E-state index contributed by atoms with van der Waals surface area (Å²) in [7, 11) is 0. The molecular weight excluding hydrogens is 282 g/mol. The van der Waals surface area contributed by atoms with E-state index in [9.17, 15) is 0 Å². The molecule has 1 aromatic heterocycles. The third kappa shape index (κ3) is 2.36. The lowest BCUT2D eigenvalue weighted by Gasteiger charge is -1.97. The largest absolute Gasteiger partial charge is 0.241 e. The Hall–Kier alpha value is -0.670. The Kier molecular flexibility index (Phi) is 3.77. The van der Waals surface area contributed by atoms with Gasteiger partial charge >= 0.3 is 0 Å². The molecule has 84 valence electrons. The van der Waals surface area contributed by atoms with Crippen molar-refractivity contribution in [2.24, 2.45) is 0 Å². The minimum Gasteiger partial charge on any atom is -0.241 e. The molecule has 0 N–H and O–H groups in total. The van der Waals surface area contributed by atoms with Crippen LogP contribution in [0, 0.1) is 6.92 Å². The van der Waals surface area contributed by atoms with E-state index in [0.717, 1.165) is 16.8 Å². The van der Waals surface area contributed by atoms with E-state index in [0.29, 0.717) is 0 Å². The molecular formula is C13H14BrNS. The smallest absolute Gasteiger partial charge is 0.123 e. The van der Waals surface area contributed by atoms with Crippen LogP contribution in [0.5, 0.6) is 0 Å². The lowest BCUT2D eigenvalue weighted by Crippen LogP contribution is -1.84. The molecule has 0 atom stereocenters. The third-order valence-electron chi connectivity index (χ3n) is 2.50. The fourth-order valence-electron chi connectivity index (χ4n) is 1.67. The van der Waals surface area contributed by atoms with Crippen molar-refractivity contribution in [1.82, 2.24) is 4.98 Å². The maximum atomic E-state index is 4.70. The molecule has 0 aliphatic rings. The first-order valence-corrected chi connectivity index (χ1v) is 7.30. The van der Waals surface area contributed by atoms with Crippen molar-refractivity contribution in [2.45, 2.75) is 25.6 Å². The summed E-state index contributed by atoms with van der Waals surface area (Å²) in [6, 6.07) is 8.52. The summed E-state index contributed by atoms with van der Waals surface area (Å²) in [6.45, 7) is 4.27. The molecule has 1 nitrogen and oxygen atoms in total. The first-order valence-electron chi connectivity index (χ1n) is 5.36. The lowest BCUT2D eigenvalue weighted by molar-refractivity contribution is 1.04. The summed E-state index contributed by atoms with van der Waals surface area (Å²) < 4.78 is 0. The monoisotopic (exact) mass is 295 g/mol. The van der Waals surface area contributed by atoms with Gasteiger partial charge in [-0.25, -0.2) is 4.98 Å². The van der Waals surface area contributed by atoms with Crippen LogP contribution < -0.4 is 0 Å². The number of aryl methyl sites for hydroxylation is 2. The number of nitrogens with zero attached hydrogens (tertiary/aromatic N) is 1. The van der Waals surface area contributed by atoms with Crippen molar-refractivity contribution >= 4 is 27.3 Å². The maximum Gasteiger partial charge on any atom is 0.123 e. The van der Waals surface area contributed by atoms with Crippen molar-refractivity contribution in [1.29, 1.82) is 0 Å². The molecule has 0 radical (unpaired) electrons. The average molecular weight is 296 g/mol. The van der Waals surface area contributed by atoms with Gasteiger partial charge in [-0.05, 0) is 19.4 Å². The van der Waals surface area contributed by atoms with Crippen LogP contribution in [0.25, 0.3) is 10.6 Å². The zero-order valence-corrected chi connectivity index (χ0v) is 11.9. The molecule has 0 aliphatic heterocycles. The topological polar surface area (TPSA) is 12.9 Å². The summed E-state index contributed by atoms with van der Waals surface area (Å²) in [5, 5.41) is 2.04. The van der Waals surface area contributed by atoms with Gasteiger partial charge in [0.1, 0.15) is 5.01 Å². The first-order chi connectivity index (χ1) is 7.74. The Morgan fingerprint density at radius 3 is 2.75 bits per heavy atom. The number of benzene rings is 1. The number of hydrogen-bond acceptors (Lipinski definition) is 2. The highest BCUT2D eigenvalue weighted by Crippen LogP contribution is 2.30. The number of alkyl halides is 1. The Balaban J connectivity index is 2.44. The van der Waals surface area contributed by atoms with Gasteiger partial charge in [-0.2, -0.15) is 0 Å². The number of rotatable bonds is 3. The fraction of sp³-hybridized carbons (Fsp3) is 0.308. The summed E-state index contributed by atoms with van der Waals surface area (Å²) in [6.07, 6.45) is 1.00. The molecule has 1 heterocycles. The molecule has 0 saturated heterocycles. The van der Waals surface area contributed by atoms with Gasteiger partial charge in [-0.15, -0.1) is 11.3 Å². The van der Waals surface area contributed by atoms with Gasteiger partial charge in [-0.3, -0.25) is 0 Å². The Bertz CT molecular complexity index is 469. The molecule has 16 heavy (non-hydrogen) atoms. The zero-order chi connectivity index (χ0) is 11.5. The summed E-state index contributed by atoms with van der Waals surface area (Å²) in [4.78, 5) is 6.05. The molecule has 0 unspecified atom stereocenters. The van der Waals surface area contributed by atoms with Crippen molar-refractivity contribution in [2.75, 3.05) is 0 Å². The highest BCUT2D eigenvalue weighted by Gasteiger charge is 2.09. The average Bonchev–Trinajstić information content (AvgIpc) is 2.72. The summed E-state index contributed by atoms with van der Waals surface area (Å²) in [5.74, 6) is 0. The van der Waals surface area contributed by atoms with E-state index in [1.807, 2.05) is 0 Å². The molecule has 0 spiro atoms. The molecule has 3 heteroatoms.